The first-order chi connectivity index (χ1) is 15.0. The molecule has 1 aliphatic heterocycles. The van der Waals surface area contributed by atoms with Crippen LogP contribution in [-0.4, -0.2) is 61.5 Å². The van der Waals surface area contributed by atoms with Crippen LogP contribution < -0.4 is 10.2 Å². The first kappa shape index (κ1) is 22.0. The third kappa shape index (κ3) is 6.13. The predicted molar refractivity (Wildman–Crippen MR) is 118 cm³/mol. The van der Waals surface area contributed by atoms with E-state index in [4.69, 9.17) is 0 Å². The minimum Gasteiger partial charge on any atom is -0.466 e. The highest BCUT2D eigenvalue weighted by atomic mass is 16.6. The Kier molecular flexibility index (Phi) is 7.34. The van der Waals surface area contributed by atoms with E-state index in [2.05, 4.69) is 10.1 Å². The van der Waals surface area contributed by atoms with Gasteiger partial charge in [0.05, 0.1) is 18.6 Å². The number of rotatable bonds is 7. The molecule has 1 fully saturated rings. The molecule has 1 saturated heterocycles. The first-order valence-corrected chi connectivity index (χ1v) is 9.83. The monoisotopic (exact) mass is 424 g/mol. The Morgan fingerprint density at radius 3 is 2.48 bits per heavy atom. The second kappa shape index (κ2) is 10.4. The van der Waals surface area contributed by atoms with E-state index >= 15 is 0 Å². The molecule has 9 heteroatoms. The fourth-order valence-electron chi connectivity index (χ4n) is 3.36. The van der Waals surface area contributed by atoms with E-state index in [1.165, 1.54) is 25.3 Å². The van der Waals surface area contributed by atoms with Crippen LogP contribution in [-0.2, 0) is 14.3 Å². The fraction of sp³-hybridized carbons (Fsp3) is 0.273. The quantitative estimate of drug-likeness (QED) is 0.315. The molecule has 0 bridgehead atoms. The van der Waals surface area contributed by atoms with Crippen molar-refractivity contribution in [3.05, 3.63) is 70.3 Å². The van der Waals surface area contributed by atoms with Gasteiger partial charge in [-0.25, -0.2) is 4.79 Å². The number of nitro benzene ring substituents is 1. The molecule has 162 valence electrons. The molecule has 0 atom stereocenters. The molecule has 0 saturated carbocycles. The van der Waals surface area contributed by atoms with Crippen LogP contribution in [0.25, 0.3) is 6.08 Å². The van der Waals surface area contributed by atoms with Gasteiger partial charge in [0, 0.05) is 44.0 Å². The van der Waals surface area contributed by atoms with E-state index in [-0.39, 0.29) is 18.1 Å². The number of anilines is 2. The van der Waals surface area contributed by atoms with Crippen LogP contribution >= 0.6 is 0 Å². The van der Waals surface area contributed by atoms with Gasteiger partial charge in [0.1, 0.15) is 5.69 Å². The maximum atomic E-state index is 12.2. The van der Waals surface area contributed by atoms with Crippen molar-refractivity contribution < 1.29 is 19.2 Å². The molecule has 0 spiro atoms. The largest absolute Gasteiger partial charge is 0.466 e. The van der Waals surface area contributed by atoms with Crippen molar-refractivity contribution in [2.75, 3.05) is 50.1 Å². The van der Waals surface area contributed by atoms with Crippen molar-refractivity contribution in [1.82, 2.24) is 4.90 Å². The van der Waals surface area contributed by atoms with Gasteiger partial charge < -0.3 is 15.0 Å². The van der Waals surface area contributed by atoms with Gasteiger partial charge in [-0.2, -0.15) is 0 Å². The van der Waals surface area contributed by atoms with Crippen molar-refractivity contribution in [2.24, 2.45) is 0 Å². The summed E-state index contributed by atoms with van der Waals surface area (Å²) in [4.78, 5) is 38.6. The minimum atomic E-state index is -0.529. The van der Waals surface area contributed by atoms with E-state index in [0.717, 1.165) is 5.69 Å². The zero-order valence-electron chi connectivity index (χ0n) is 17.2. The number of para-hydroxylation sites is 1. The summed E-state index contributed by atoms with van der Waals surface area (Å²) in [5, 5.41) is 14.5. The normalized spacial score (nSPS) is 14.4. The number of nitrogens with zero attached hydrogens (tertiary/aromatic N) is 3. The van der Waals surface area contributed by atoms with Crippen molar-refractivity contribution >= 4 is 35.0 Å². The van der Waals surface area contributed by atoms with Gasteiger partial charge in [0.15, 0.2) is 0 Å². The number of amides is 1. The molecule has 31 heavy (non-hydrogen) atoms. The Hall–Kier alpha value is -3.72. The van der Waals surface area contributed by atoms with Gasteiger partial charge >= 0.3 is 5.97 Å². The fourth-order valence-corrected chi connectivity index (χ4v) is 3.36. The highest BCUT2D eigenvalue weighted by molar-refractivity contribution is 5.92. The molecule has 1 amide bonds. The van der Waals surface area contributed by atoms with Crippen molar-refractivity contribution in [3.8, 4) is 0 Å². The topological polar surface area (TPSA) is 105 Å². The average molecular weight is 424 g/mol. The van der Waals surface area contributed by atoms with Crippen LogP contribution in [0.1, 0.15) is 5.56 Å². The maximum Gasteiger partial charge on any atom is 0.330 e. The molecule has 1 heterocycles. The number of methoxy groups -OCH3 is 1. The summed E-state index contributed by atoms with van der Waals surface area (Å²) >= 11 is 0. The van der Waals surface area contributed by atoms with E-state index in [0.29, 0.717) is 37.4 Å². The number of hydrogen-bond donors (Lipinski definition) is 1. The number of benzene rings is 2. The molecule has 0 aliphatic carbocycles. The van der Waals surface area contributed by atoms with E-state index in [9.17, 15) is 19.7 Å². The maximum absolute atomic E-state index is 12.2. The number of ether oxygens (including phenoxy) is 1. The second-order valence-corrected chi connectivity index (χ2v) is 7.04. The lowest BCUT2D eigenvalue weighted by molar-refractivity contribution is -0.384. The smallest absolute Gasteiger partial charge is 0.330 e. The highest BCUT2D eigenvalue weighted by Crippen LogP contribution is 2.30. The van der Waals surface area contributed by atoms with Crippen molar-refractivity contribution in [2.45, 2.75) is 0 Å². The van der Waals surface area contributed by atoms with Gasteiger partial charge in [-0.05, 0) is 29.8 Å². The molecule has 0 radical (unpaired) electrons. The van der Waals surface area contributed by atoms with Crippen LogP contribution in [0.4, 0.5) is 17.1 Å². The summed E-state index contributed by atoms with van der Waals surface area (Å²) in [6.07, 6.45) is 2.70. The van der Waals surface area contributed by atoms with Gasteiger partial charge in [-0.3, -0.25) is 19.8 Å². The van der Waals surface area contributed by atoms with Gasteiger partial charge in [-0.15, -0.1) is 0 Å². The molecule has 0 aromatic heterocycles. The number of hydrogen-bond acceptors (Lipinski definition) is 7. The number of nitro groups is 1. The van der Waals surface area contributed by atoms with Crippen molar-refractivity contribution in [1.29, 1.82) is 0 Å². The highest BCUT2D eigenvalue weighted by Gasteiger charge is 2.24. The lowest BCUT2D eigenvalue weighted by atomic mass is 10.1. The first-order valence-electron chi connectivity index (χ1n) is 9.83. The molecular formula is C22H24N4O5. The summed E-state index contributed by atoms with van der Waals surface area (Å²) in [5.41, 5.74) is 1.79. The third-order valence-electron chi connectivity index (χ3n) is 4.95. The summed E-state index contributed by atoms with van der Waals surface area (Å²) in [5.74, 6) is -0.619. The lowest BCUT2D eigenvalue weighted by Crippen LogP contribution is -2.48. The van der Waals surface area contributed by atoms with Crippen LogP contribution in [0, 0.1) is 10.1 Å². The molecule has 9 nitrogen and oxygen atoms in total. The number of esters is 1. The average Bonchev–Trinajstić information content (AvgIpc) is 2.78. The summed E-state index contributed by atoms with van der Waals surface area (Å²) in [6.45, 7) is 2.63. The second-order valence-electron chi connectivity index (χ2n) is 7.04. The van der Waals surface area contributed by atoms with Crippen LogP contribution in [0.15, 0.2) is 54.6 Å². The van der Waals surface area contributed by atoms with Crippen LogP contribution in [0.5, 0.6) is 0 Å². The van der Waals surface area contributed by atoms with Crippen molar-refractivity contribution in [3.63, 3.8) is 0 Å². The third-order valence-corrected chi connectivity index (χ3v) is 4.95. The summed E-state index contributed by atoms with van der Waals surface area (Å²) in [6, 6.07) is 14.1. The Labute approximate surface area is 180 Å². The zero-order chi connectivity index (χ0) is 22.2. The zero-order valence-corrected chi connectivity index (χ0v) is 17.2. The molecular weight excluding hydrogens is 400 g/mol. The number of piperazine rings is 1. The number of nitrogens with one attached hydrogen (secondary N) is 1. The van der Waals surface area contributed by atoms with E-state index < -0.39 is 10.9 Å². The Bertz CT molecular complexity index is 969. The van der Waals surface area contributed by atoms with Crippen LogP contribution in [0.2, 0.25) is 0 Å². The molecule has 2 aromatic rings. The Balaban J connectivity index is 1.60. The molecule has 2 aromatic carbocycles. The number of carbonyl (C=O) groups is 2. The van der Waals surface area contributed by atoms with Gasteiger partial charge in [0.2, 0.25) is 5.91 Å². The Morgan fingerprint density at radius 2 is 1.84 bits per heavy atom. The predicted octanol–water partition coefficient (Wildman–Crippen LogP) is 2.54. The number of carbonyl (C=O) groups excluding carboxylic acids is 2. The molecule has 3 rings (SSSR count). The van der Waals surface area contributed by atoms with Gasteiger partial charge in [-0.1, -0.05) is 24.3 Å². The Morgan fingerprint density at radius 1 is 1.13 bits per heavy atom. The van der Waals surface area contributed by atoms with Gasteiger partial charge in [0.25, 0.3) is 5.69 Å². The standard InChI is InChI=1S/C22H24N4O5/c1-31-22(28)10-8-17-7-9-19(20(15-17)26(29)30)25-13-11-24(12-14-25)16-21(27)23-18-5-3-2-4-6-18/h2-10,15H,11-14,16H2,1H3,(H,23,27)/b10-8+. The summed E-state index contributed by atoms with van der Waals surface area (Å²) in [7, 11) is 1.27. The minimum absolute atomic E-state index is 0.0257. The van der Waals surface area contributed by atoms with E-state index in [1.54, 1.807) is 12.1 Å². The summed E-state index contributed by atoms with van der Waals surface area (Å²) < 4.78 is 4.54. The molecule has 0 unspecified atom stereocenters. The SMILES string of the molecule is COC(=O)/C=C/c1ccc(N2CCN(CC(=O)Nc3ccccc3)CC2)c([N+](=O)[O-])c1. The lowest BCUT2D eigenvalue weighted by Gasteiger charge is -2.35. The molecule has 1 N–H and O–H groups in total. The molecule has 1 aliphatic rings. The van der Waals surface area contributed by atoms with E-state index in [1.807, 2.05) is 40.1 Å². The van der Waals surface area contributed by atoms with Crippen LogP contribution in [0.3, 0.4) is 0 Å².